The van der Waals surface area contributed by atoms with Gasteiger partial charge >= 0.3 is 6.18 Å². The lowest BCUT2D eigenvalue weighted by Gasteiger charge is -2.34. The summed E-state index contributed by atoms with van der Waals surface area (Å²) in [5, 5.41) is 0. The molecule has 0 saturated carbocycles. The molecule has 0 radical (unpaired) electrons. The number of piperazine rings is 1. The number of nitrogens with zero attached hydrogens (tertiary/aromatic N) is 2. The minimum Gasteiger partial charge on any atom is -0.336 e. The molecule has 0 bridgehead atoms. The van der Waals surface area contributed by atoms with Crippen LogP contribution in [0.2, 0.25) is 0 Å². The van der Waals surface area contributed by atoms with Crippen LogP contribution in [0, 0.1) is 0 Å². The first-order chi connectivity index (χ1) is 13.1. The van der Waals surface area contributed by atoms with Crippen LogP contribution in [-0.2, 0) is 16.2 Å². The molecule has 2 aromatic rings. The van der Waals surface area contributed by atoms with Crippen molar-refractivity contribution in [3.8, 4) is 0 Å². The minimum absolute atomic E-state index is 0.00356. The molecule has 1 fully saturated rings. The van der Waals surface area contributed by atoms with Gasteiger partial charge in [-0.15, -0.1) is 0 Å². The number of carbonyl (C=O) groups excluding carboxylic acids is 1. The summed E-state index contributed by atoms with van der Waals surface area (Å²) in [6.07, 6.45) is -4.64. The van der Waals surface area contributed by atoms with Gasteiger partial charge in [0, 0.05) is 30.7 Å². The third-order valence-corrected chi connectivity index (χ3v) is 7.35. The molecule has 0 unspecified atom stereocenters. The number of hydrogen-bond donors (Lipinski definition) is 0. The Morgan fingerprint density at radius 1 is 0.929 bits per heavy atom. The molecular formula is C18H16BrF3N2O3S. The predicted molar refractivity (Wildman–Crippen MR) is 100 cm³/mol. The maximum Gasteiger partial charge on any atom is 0.417 e. The SMILES string of the molecule is O=C(c1ccccc1C(F)(F)F)N1CCN(S(=O)(=O)c2ccccc2Br)CC1. The number of amides is 1. The Balaban J connectivity index is 1.76. The predicted octanol–water partition coefficient (Wildman–Crippen LogP) is 3.61. The Bertz CT molecular complexity index is 988. The summed E-state index contributed by atoms with van der Waals surface area (Å²) in [4.78, 5) is 14.0. The van der Waals surface area contributed by atoms with Crippen LogP contribution >= 0.6 is 15.9 Å². The van der Waals surface area contributed by atoms with E-state index in [-0.39, 0.29) is 31.1 Å². The maximum absolute atomic E-state index is 13.2. The van der Waals surface area contributed by atoms with Crippen LogP contribution in [0.1, 0.15) is 15.9 Å². The first-order valence-corrected chi connectivity index (χ1v) is 10.6. The maximum atomic E-state index is 13.2. The van der Waals surface area contributed by atoms with E-state index >= 15 is 0 Å². The summed E-state index contributed by atoms with van der Waals surface area (Å²) in [6.45, 7) is 0.0244. The molecular weight excluding hydrogens is 461 g/mol. The Kier molecular flexibility index (Phi) is 5.83. The number of sulfonamides is 1. The van der Waals surface area contributed by atoms with Crippen molar-refractivity contribution in [2.24, 2.45) is 0 Å². The number of benzene rings is 2. The molecule has 1 heterocycles. The third kappa shape index (κ3) is 4.08. The van der Waals surface area contributed by atoms with Gasteiger partial charge in [-0.3, -0.25) is 4.79 Å². The zero-order valence-corrected chi connectivity index (χ0v) is 16.9. The second kappa shape index (κ2) is 7.84. The van der Waals surface area contributed by atoms with Gasteiger partial charge in [-0.25, -0.2) is 8.42 Å². The number of alkyl halides is 3. The van der Waals surface area contributed by atoms with Crippen LogP contribution in [0.4, 0.5) is 13.2 Å². The molecule has 10 heteroatoms. The lowest BCUT2D eigenvalue weighted by Crippen LogP contribution is -2.50. The zero-order chi connectivity index (χ0) is 20.5. The molecule has 0 spiro atoms. The summed E-state index contributed by atoms with van der Waals surface area (Å²) >= 11 is 3.21. The van der Waals surface area contributed by atoms with E-state index in [1.165, 1.54) is 27.4 Å². The normalized spacial score (nSPS) is 16.2. The number of hydrogen-bond acceptors (Lipinski definition) is 3. The van der Waals surface area contributed by atoms with E-state index in [1.54, 1.807) is 18.2 Å². The molecule has 1 amide bonds. The van der Waals surface area contributed by atoms with Gasteiger partial charge in [0.1, 0.15) is 0 Å². The molecule has 2 aromatic carbocycles. The van der Waals surface area contributed by atoms with Gasteiger partial charge in [0.05, 0.1) is 16.0 Å². The highest BCUT2D eigenvalue weighted by atomic mass is 79.9. The van der Waals surface area contributed by atoms with Crippen molar-refractivity contribution >= 4 is 31.9 Å². The largest absolute Gasteiger partial charge is 0.417 e. The van der Waals surface area contributed by atoms with Crippen molar-refractivity contribution in [3.05, 3.63) is 64.1 Å². The summed E-state index contributed by atoms with van der Waals surface area (Å²) in [7, 11) is -3.77. The van der Waals surface area contributed by atoms with Gasteiger partial charge in [0.15, 0.2) is 0 Å². The van der Waals surface area contributed by atoms with Crippen LogP contribution in [0.25, 0.3) is 0 Å². The number of carbonyl (C=O) groups is 1. The molecule has 1 saturated heterocycles. The fourth-order valence-corrected chi connectivity index (χ4v) is 5.40. The Morgan fingerprint density at radius 2 is 1.50 bits per heavy atom. The van der Waals surface area contributed by atoms with Crippen LogP contribution in [0.3, 0.4) is 0 Å². The summed E-state index contributed by atoms with van der Waals surface area (Å²) in [5.74, 6) is -0.758. The monoisotopic (exact) mass is 476 g/mol. The van der Waals surface area contributed by atoms with E-state index in [9.17, 15) is 26.4 Å². The zero-order valence-electron chi connectivity index (χ0n) is 14.5. The molecule has 1 aliphatic rings. The fraction of sp³-hybridized carbons (Fsp3) is 0.278. The average Bonchev–Trinajstić information content (AvgIpc) is 2.67. The van der Waals surface area contributed by atoms with E-state index in [0.717, 1.165) is 12.1 Å². The van der Waals surface area contributed by atoms with E-state index in [4.69, 9.17) is 0 Å². The van der Waals surface area contributed by atoms with Gasteiger partial charge in [-0.05, 0) is 40.2 Å². The van der Waals surface area contributed by atoms with Crippen LogP contribution in [-0.4, -0.2) is 49.7 Å². The van der Waals surface area contributed by atoms with Gasteiger partial charge in [0.25, 0.3) is 5.91 Å². The van der Waals surface area contributed by atoms with Crippen molar-refractivity contribution in [1.29, 1.82) is 0 Å². The Morgan fingerprint density at radius 3 is 2.11 bits per heavy atom. The summed E-state index contributed by atoms with van der Waals surface area (Å²) in [6, 6.07) is 11.0. The highest BCUT2D eigenvalue weighted by Crippen LogP contribution is 2.32. The van der Waals surface area contributed by atoms with Crippen LogP contribution in [0.5, 0.6) is 0 Å². The highest BCUT2D eigenvalue weighted by Gasteiger charge is 2.37. The van der Waals surface area contributed by atoms with Crippen molar-refractivity contribution in [2.45, 2.75) is 11.1 Å². The molecule has 0 atom stereocenters. The van der Waals surface area contributed by atoms with E-state index < -0.39 is 33.2 Å². The molecule has 3 rings (SSSR count). The van der Waals surface area contributed by atoms with Gasteiger partial charge in [0.2, 0.25) is 10.0 Å². The molecule has 1 aliphatic heterocycles. The molecule has 0 aromatic heterocycles. The van der Waals surface area contributed by atoms with E-state index in [1.807, 2.05) is 0 Å². The molecule has 0 N–H and O–H groups in total. The molecule has 0 aliphatic carbocycles. The second-order valence-electron chi connectivity index (χ2n) is 6.17. The average molecular weight is 477 g/mol. The summed E-state index contributed by atoms with van der Waals surface area (Å²) in [5.41, 5.74) is -1.43. The first-order valence-electron chi connectivity index (χ1n) is 8.32. The van der Waals surface area contributed by atoms with Gasteiger partial charge < -0.3 is 4.90 Å². The van der Waals surface area contributed by atoms with Crippen molar-refractivity contribution < 1.29 is 26.4 Å². The third-order valence-electron chi connectivity index (χ3n) is 4.44. The standard InChI is InChI=1S/C18H16BrF3N2O3S/c19-15-7-3-4-8-16(15)28(26,27)24-11-9-23(10-12-24)17(25)13-5-1-2-6-14(13)18(20,21)22/h1-8H,9-12H2. The van der Waals surface area contributed by atoms with Crippen molar-refractivity contribution in [2.75, 3.05) is 26.2 Å². The quantitative estimate of drug-likeness (QED) is 0.679. The highest BCUT2D eigenvalue weighted by molar-refractivity contribution is 9.10. The Labute approximate surface area is 168 Å². The fourth-order valence-electron chi connectivity index (χ4n) is 3.01. The topological polar surface area (TPSA) is 57.7 Å². The second-order valence-corrected chi connectivity index (χ2v) is 8.93. The lowest BCUT2D eigenvalue weighted by molar-refractivity contribution is -0.138. The smallest absolute Gasteiger partial charge is 0.336 e. The minimum atomic E-state index is -4.64. The Hall–Kier alpha value is -1.91. The molecule has 5 nitrogen and oxygen atoms in total. The van der Waals surface area contributed by atoms with Gasteiger partial charge in [-0.1, -0.05) is 24.3 Å². The van der Waals surface area contributed by atoms with Crippen molar-refractivity contribution in [3.63, 3.8) is 0 Å². The van der Waals surface area contributed by atoms with E-state index in [0.29, 0.717) is 4.47 Å². The molecule has 28 heavy (non-hydrogen) atoms. The van der Waals surface area contributed by atoms with E-state index in [2.05, 4.69) is 15.9 Å². The molecule has 150 valence electrons. The summed E-state index contributed by atoms with van der Waals surface area (Å²) < 4.78 is 66.7. The number of halogens is 4. The number of rotatable bonds is 3. The lowest BCUT2D eigenvalue weighted by atomic mass is 10.1. The van der Waals surface area contributed by atoms with Crippen LogP contribution in [0.15, 0.2) is 57.9 Å². The van der Waals surface area contributed by atoms with Crippen LogP contribution < -0.4 is 0 Å². The first kappa shape index (κ1) is 20.8. The van der Waals surface area contributed by atoms with Crippen molar-refractivity contribution in [1.82, 2.24) is 9.21 Å². The van der Waals surface area contributed by atoms with Gasteiger partial charge in [-0.2, -0.15) is 17.5 Å².